The third kappa shape index (κ3) is 4.57. The molecule has 0 bridgehead atoms. The molecule has 2 aromatic carbocycles. The van der Waals surface area contributed by atoms with Crippen LogP contribution in [0.3, 0.4) is 0 Å². The number of pyridine rings is 1. The first-order valence-electron chi connectivity index (χ1n) is 9.36. The van der Waals surface area contributed by atoms with Gasteiger partial charge in [0.15, 0.2) is 6.10 Å². The van der Waals surface area contributed by atoms with E-state index in [0.717, 1.165) is 11.8 Å². The van der Waals surface area contributed by atoms with Gasteiger partial charge in [-0.15, -0.1) is 0 Å². The number of ether oxygens (including phenoxy) is 2. The first-order chi connectivity index (χ1) is 13.6. The maximum absolute atomic E-state index is 13.1. The van der Waals surface area contributed by atoms with Gasteiger partial charge in [-0.3, -0.25) is 9.78 Å². The number of fused-ring (bicyclic) bond motifs is 1. The number of anilines is 1. The van der Waals surface area contributed by atoms with Crippen LogP contribution in [-0.2, 0) is 4.79 Å². The molecule has 3 aromatic rings. The summed E-state index contributed by atoms with van der Waals surface area (Å²) in [6, 6.07) is 12.9. The monoisotopic (exact) mass is 382 g/mol. The molecule has 1 heterocycles. The van der Waals surface area contributed by atoms with Crippen LogP contribution in [0.25, 0.3) is 10.9 Å². The highest BCUT2D eigenvalue weighted by Gasteiger charge is 2.20. The summed E-state index contributed by atoms with van der Waals surface area (Å²) in [4.78, 5) is 17.2. The van der Waals surface area contributed by atoms with Gasteiger partial charge in [0.1, 0.15) is 22.8 Å². The van der Waals surface area contributed by atoms with Crippen molar-refractivity contribution in [2.45, 2.75) is 32.8 Å². The lowest BCUT2D eigenvalue weighted by molar-refractivity contribution is -0.122. The summed E-state index contributed by atoms with van der Waals surface area (Å²) < 4.78 is 24.5. The van der Waals surface area contributed by atoms with Gasteiger partial charge in [-0.25, -0.2) is 4.39 Å². The van der Waals surface area contributed by atoms with Gasteiger partial charge in [0, 0.05) is 11.6 Å². The van der Waals surface area contributed by atoms with Crippen LogP contribution >= 0.6 is 0 Å². The second-order valence-electron chi connectivity index (χ2n) is 6.32. The Morgan fingerprint density at radius 2 is 1.93 bits per heavy atom. The molecular weight excluding hydrogens is 359 g/mol. The van der Waals surface area contributed by atoms with Crippen molar-refractivity contribution >= 4 is 22.5 Å². The van der Waals surface area contributed by atoms with Crippen LogP contribution in [0.15, 0.2) is 54.7 Å². The fourth-order valence-corrected chi connectivity index (χ4v) is 2.80. The van der Waals surface area contributed by atoms with Crippen molar-refractivity contribution in [2.75, 3.05) is 11.9 Å². The number of hydrogen-bond acceptors (Lipinski definition) is 4. The number of aromatic nitrogens is 1. The number of nitrogens with one attached hydrogen (secondary N) is 1. The Kier molecular flexibility index (Phi) is 6.42. The first-order valence-corrected chi connectivity index (χ1v) is 9.36. The predicted molar refractivity (Wildman–Crippen MR) is 107 cm³/mol. The Morgan fingerprint density at radius 1 is 1.14 bits per heavy atom. The Morgan fingerprint density at radius 3 is 2.64 bits per heavy atom. The predicted octanol–water partition coefficient (Wildman–Crippen LogP) is 4.96. The molecule has 0 aliphatic rings. The zero-order valence-electron chi connectivity index (χ0n) is 15.9. The van der Waals surface area contributed by atoms with Gasteiger partial charge in [0.25, 0.3) is 5.91 Å². The minimum absolute atomic E-state index is 0.279. The lowest BCUT2D eigenvalue weighted by atomic mass is 10.1. The minimum Gasteiger partial charge on any atom is -0.491 e. The smallest absolute Gasteiger partial charge is 0.265 e. The van der Waals surface area contributed by atoms with Gasteiger partial charge in [-0.2, -0.15) is 0 Å². The number of halogens is 1. The van der Waals surface area contributed by atoms with Crippen molar-refractivity contribution in [2.24, 2.45) is 0 Å². The number of hydrogen-bond donors (Lipinski definition) is 1. The third-order valence-corrected chi connectivity index (χ3v) is 4.21. The molecular formula is C22H23FN2O3. The number of carbonyl (C=O) groups excluding carboxylic acids is 1. The van der Waals surface area contributed by atoms with Gasteiger partial charge in [0.05, 0.1) is 12.3 Å². The zero-order chi connectivity index (χ0) is 19.9. The van der Waals surface area contributed by atoms with Crippen molar-refractivity contribution in [3.8, 4) is 11.5 Å². The zero-order valence-corrected chi connectivity index (χ0v) is 15.9. The van der Waals surface area contributed by atoms with E-state index >= 15 is 0 Å². The molecule has 1 amide bonds. The van der Waals surface area contributed by atoms with Crippen molar-refractivity contribution in [3.63, 3.8) is 0 Å². The molecule has 0 aliphatic heterocycles. The Hall–Kier alpha value is -3.15. The second-order valence-corrected chi connectivity index (χ2v) is 6.32. The van der Waals surface area contributed by atoms with E-state index in [1.54, 1.807) is 12.3 Å². The summed E-state index contributed by atoms with van der Waals surface area (Å²) in [7, 11) is 0. The largest absolute Gasteiger partial charge is 0.491 e. The third-order valence-electron chi connectivity index (χ3n) is 4.21. The summed E-state index contributed by atoms with van der Waals surface area (Å²) in [5.41, 5.74) is 1.33. The lowest BCUT2D eigenvalue weighted by Gasteiger charge is -2.18. The minimum atomic E-state index is -0.701. The van der Waals surface area contributed by atoms with E-state index < -0.39 is 6.10 Å². The molecule has 28 heavy (non-hydrogen) atoms. The molecule has 1 atom stereocenters. The molecule has 0 aliphatic carbocycles. The van der Waals surface area contributed by atoms with E-state index in [0.29, 0.717) is 35.7 Å². The van der Waals surface area contributed by atoms with Gasteiger partial charge >= 0.3 is 0 Å². The highest BCUT2D eigenvalue weighted by Crippen LogP contribution is 2.30. The first kappa shape index (κ1) is 19.6. The topological polar surface area (TPSA) is 60.5 Å². The van der Waals surface area contributed by atoms with Gasteiger partial charge in [-0.1, -0.05) is 13.8 Å². The van der Waals surface area contributed by atoms with Crippen molar-refractivity contribution in [1.82, 2.24) is 4.98 Å². The maximum Gasteiger partial charge on any atom is 0.265 e. The fourth-order valence-electron chi connectivity index (χ4n) is 2.80. The molecule has 5 nitrogen and oxygen atoms in total. The van der Waals surface area contributed by atoms with E-state index in [2.05, 4.69) is 10.3 Å². The standard InChI is InChI=1S/C22H23FN2O3/c1-3-14-27-20-12-11-18(17-6-5-13-24-21(17)20)25-22(26)19(4-2)28-16-9-7-15(23)8-10-16/h5-13,19H,3-4,14H2,1-2H3,(H,25,26). The highest BCUT2D eigenvalue weighted by atomic mass is 19.1. The number of carbonyl (C=O) groups is 1. The van der Waals surface area contributed by atoms with Gasteiger partial charge in [-0.05, 0) is 61.4 Å². The molecule has 6 heteroatoms. The van der Waals surface area contributed by atoms with Crippen LogP contribution in [0.4, 0.5) is 10.1 Å². The molecule has 0 spiro atoms. The molecule has 0 fully saturated rings. The second kappa shape index (κ2) is 9.17. The Bertz CT molecular complexity index is 944. The Balaban J connectivity index is 1.80. The van der Waals surface area contributed by atoms with E-state index in [-0.39, 0.29) is 11.7 Å². The van der Waals surface area contributed by atoms with Crippen LogP contribution in [0.2, 0.25) is 0 Å². The van der Waals surface area contributed by atoms with Crippen LogP contribution in [-0.4, -0.2) is 23.6 Å². The molecule has 146 valence electrons. The number of benzene rings is 2. The van der Waals surface area contributed by atoms with Gasteiger partial charge < -0.3 is 14.8 Å². The SMILES string of the molecule is CCCOc1ccc(NC(=O)C(CC)Oc2ccc(F)cc2)c2cccnc12. The molecule has 1 N–H and O–H groups in total. The highest BCUT2D eigenvalue weighted by molar-refractivity contribution is 6.04. The van der Waals surface area contributed by atoms with E-state index in [1.807, 2.05) is 32.0 Å². The molecule has 1 unspecified atom stereocenters. The van der Waals surface area contributed by atoms with Crippen molar-refractivity contribution in [3.05, 3.63) is 60.5 Å². The van der Waals surface area contributed by atoms with Gasteiger partial charge in [0.2, 0.25) is 0 Å². The molecule has 0 saturated heterocycles. The van der Waals surface area contributed by atoms with Crippen LogP contribution in [0.5, 0.6) is 11.5 Å². The van der Waals surface area contributed by atoms with E-state index in [1.165, 1.54) is 24.3 Å². The molecule has 3 rings (SSSR count). The quantitative estimate of drug-likeness (QED) is 0.598. The number of amides is 1. The molecule has 1 aromatic heterocycles. The number of rotatable bonds is 8. The van der Waals surface area contributed by atoms with Crippen molar-refractivity contribution < 1.29 is 18.7 Å². The average Bonchev–Trinajstić information content (AvgIpc) is 2.72. The summed E-state index contributed by atoms with van der Waals surface area (Å²) in [6.45, 7) is 4.49. The van der Waals surface area contributed by atoms with Crippen LogP contribution < -0.4 is 14.8 Å². The van der Waals surface area contributed by atoms with E-state index in [4.69, 9.17) is 9.47 Å². The molecule has 0 radical (unpaired) electrons. The summed E-state index contributed by atoms with van der Waals surface area (Å²) >= 11 is 0. The molecule has 0 saturated carbocycles. The van der Waals surface area contributed by atoms with Crippen LogP contribution in [0.1, 0.15) is 26.7 Å². The number of nitrogens with zero attached hydrogens (tertiary/aromatic N) is 1. The summed E-state index contributed by atoms with van der Waals surface area (Å²) in [6.07, 6.45) is 2.36. The summed E-state index contributed by atoms with van der Waals surface area (Å²) in [5, 5.41) is 3.71. The maximum atomic E-state index is 13.1. The van der Waals surface area contributed by atoms with Crippen molar-refractivity contribution in [1.29, 1.82) is 0 Å². The lowest BCUT2D eigenvalue weighted by Crippen LogP contribution is -2.32. The normalized spacial score (nSPS) is 11.8. The Labute approximate surface area is 163 Å². The average molecular weight is 382 g/mol. The van der Waals surface area contributed by atoms with Crippen LogP contribution in [0, 0.1) is 5.82 Å². The summed E-state index contributed by atoms with van der Waals surface area (Å²) in [5.74, 6) is 0.497. The fraction of sp³-hybridized carbons (Fsp3) is 0.273. The van der Waals surface area contributed by atoms with E-state index in [9.17, 15) is 9.18 Å².